The van der Waals surface area contributed by atoms with Gasteiger partial charge in [-0.3, -0.25) is 0 Å². The van der Waals surface area contributed by atoms with Crippen LogP contribution in [0.1, 0.15) is 32.8 Å². The molecule has 122 valence electrons. The number of aliphatic carboxylic acids is 1. The molecule has 0 saturated carbocycles. The molecule has 0 fully saturated rings. The van der Waals surface area contributed by atoms with Gasteiger partial charge in [0.05, 0.1) is 6.10 Å². The molecule has 0 spiro atoms. The third-order valence-corrected chi connectivity index (χ3v) is 2.89. The first-order valence-corrected chi connectivity index (χ1v) is 7.13. The number of aliphatic hydroxyl groups is 1. The van der Waals surface area contributed by atoms with Crippen LogP contribution in [0.2, 0.25) is 0 Å². The van der Waals surface area contributed by atoms with Gasteiger partial charge >= 0.3 is 12.1 Å². The molecule has 0 aliphatic heterocycles. The lowest BCUT2D eigenvalue weighted by molar-refractivity contribution is -0.142. The third kappa shape index (κ3) is 6.58. The Balaban J connectivity index is 2.58. The van der Waals surface area contributed by atoms with Crippen molar-refractivity contribution in [3.63, 3.8) is 0 Å². The molecule has 6 heteroatoms. The lowest BCUT2D eigenvalue weighted by Crippen LogP contribution is -2.50. The number of alkyl carbamates (subject to hydrolysis) is 1. The summed E-state index contributed by atoms with van der Waals surface area (Å²) < 4.78 is 5.01. The molecule has 0 unspecified atom stereocenters. The molecule has 0 heterocycles. The maximum Gasteiger partial charge on any atom is 0.408 e. The normalized spacial score (nSPS) is 14.0. The minimum atomic E-state index is -1.40. The number of rotatable bonds is 6. The summed E-state index contributed by atoms with van der Waals surface area (Å²) in [5.74, 6) is -1.30. The Labute approximate surface area is 130 Å². The lowest BCUT2D eigenvalue weighted by atomic mass is 10.0. The third-order valence-electron chi connectivity index (χ3n) is 2.89. The molecule has 2 atom stereocenters. The minimum absolute atomic E-state index is 0.219. The smallest absolute Gasteiger partial charge is 0.408 e. The number of ether oxygens (including phenoxy) is 1. The molecule has 3 N–H and O–H groups in total. The van der Waals surface area contributed by atoms with Crippen molar-refractivity contribution in [3.05, 3.63) is 35.9 Å². The molecule has 0 aromatic heterocycles. The zero-order valence-corrected chi connectivity index (χ0v) is 13.1. The Hall–Kier alpha value is -2.08. The maximum atomic E-state index is 11.6. The van der Waals surface area contributed by atoms with Crippen LogP contribution in [0.15, 0.2) is 30.3 Å². The molecule has 0 saturated heterocycles. The van der Waals surface area contributed by atoms with Gasteiger partial charge in [-0.1, -0.05) is 30.3 Å². The highest BCUT2D eigenvalue weighted by atomic mass is 16.6. The van der Waals surface area contributed by atoms with Gasteiger partial charge in [-0.2, -0.15) is 0 Å². The number of aryl methyl sites for hydroxylation is 1. The SMILES string of the molecule is CC(C)(C)OC(=O)N[C@H](C(=O)O)[C@@H](O)CCc1ccccc1. The minimum Gasteiger partial charge on any atom is -0.480 e. The highest BCUT2D eigenvalue weighted by Crippen LogP contribution is 2.10. The van der Waals surface area contributed by atoms with E-state index in [9.17, 15) is 14.7 Å². The summed E-state index contributed by atoms with van der Waals surface area (Å²) in [6.07, 6.45) is -1.33. The first-order chi connectivity index (χ1) is 10.2. The Morgan fingerprint density at radius 2 is 1.82 bits per heavy atom. The monoisotopic (exact) mass is 309 g/mol. The average molecular weight is 309 g/mol. The number of carboxylic acids is 1. The van der Waals surface area contributed by atoms with E-state index in [0.29, 0.717) is 6.42 Å². The Kier molecular flexibility index (Phi) is 6.37. The van der Waals surface area contributed by atoms with E-state index < -0.39 is 29.8 Å². The number of aliphatic hydroxyl groups excluding tert-OH is 1. The Morgan fingerprint density at radius 3 is 2.32 bits per heavy atom. The van der Waals surface area contributed by atoms with Crippen LogP contribution in [0.5, 0.6) is 0 Å². The van der Waals surface area contributed by atoms with Gasteiger partial charge in [0.25, 0.3) is 0 Å². The number of amides is 1. The molecule has 22 heavy (non-hydrogen) atoms. The van der Waals surface area contributed by atoms with Crippen LogP contribution in [0.25, 0.3) is 0 Å². The second kappa shape index (κ2) is 7.79. The molecular weight excluding hydrogens is 286 g/mol. The van der Waals surface area contributed by atoms with Crippen molar-refractivity contribution in [2.75, 3.05) is 0 Å². The molecule has 1 amide bonds. The predicted molar refractivity (Wildman–Crippen MR) is 81.6 cm³/mol. The standard InChI is InChI=1S/C16H23NO5/c1-16(2,3)22-15(21)17-13(14(19)20)12(18)10-9-11-7-5-4-6-8-11/h4-8,12-13,18H,9-10H2,1-3H3,(H,17,21)(H,19,20)/t12-,13-/m0/s1. The van der Waals surface area contributed by atoms with Gasteiger partial charge in [0.15, 0.2) is 6.04 Å². The van der Waals surface area contributed by atoms with Crippen molar-refractivity contribution in [1.82, 2.24) is 5.32 Å². The van der Waals surface area contributed by atoms with Crippen molar-refractivity contribution in [2.45, 2.75) is 51.4 Å². The highest BCUT2D eigenvalue weighted by Gasteiger charge is 2.30. The van der Waals surface area contributed by atoms with Gasteiger partial charge in [0.2, 0.25) is 0 Å². The van der Waals surface area contributed by atoms with Crippen LogP contribution in [0.3, 0.4) is 0 Å². The highest BCUT2D eigenvalue weighted by molar-refractivity contribution is 5.80. The Morgan fingerprint density at radius 1 is 1.23 bits per heavy atom. The average Bonchev–Trinajstić information content (AvgIpc) is 2.41. The fourth-order valence-corrected chi connectivity index (χ4v) is 1.88. The molecule has 0 aliphatic rings. The summed E-state index contributed by atoms with van der Waals surface area (Å²) in [7, 11) is 0. The molecule has 6 nitrogen and oxygen atoms in total. The van der Waals surface area contributed by atoms with Crippen LogP contribution in [-0.4, -0.2) is 40.0 Å². The van der Waals surface area contributed by atoms with Crippen LogP contribution in [-0.2, 0) is 16.0 Å². The van der Waals surface area contributed by atoms with Crippen LogP contribution < -0.4 is 5.32 Å². The quantitative estimate of drug-likeness (QED) is 0.746. The summed E-state index contributed by atoms with van der Waals surface area (Å²) in [6, 6.07) is 8.00. The molecule has 0 radical (unpaired) electrons. The van der Waals surface area contributed by atoms with E-state index in [4.69, 9.17) is 9.84 Å². The van der Waals surface area contributed by atoms with Crippen LogP contribution in [0, 0.1) is 0 Å². The number of carbonyl (C=O) groups is 2. The zero-order valence-electron chi connectivity index (χ0n) is 13.1. The second-order valence-electron chi connectivity index (χ2n) is 6.05. The number of carbonyl (C=O) groups excluding carboxylic acids is 1. The fourth-order valence-electron chi connectivity index (χ4n) is 1.88. The summed E-state index contributed by atoms with van der Waals surface area (Å²) in [5.41, 5.74) is 0.255. The number of hydrogen-bond acceptors (Lipinski definition) is 4. The van der Waals surface area contributed by atoms with Gasteiger partial charge in [0, 0.05) is 0 Å². The van der Waals surface area contributed by atoms with Gasteiger partial charge in [0.1, 0.15) is 5.60 Å². The lowest BCUT2D eigenvalue weighted by Gasteiger charge is -2.24. The topological polar surface area (TPSA) is 95.9 Å². The fraction of sp³-hybridized carbons (Fsp3) is 0.500. The van der Waals surface area contributed by atoms with Gasteiger partial charge in [-0.05, 0) is 39.2 Å². The summed E-state index contributed by atoms with van der Waals surface area (Å²) in [5, 5.41) is 21.4. The molecular formula is C16H23NO5. The summed E-state index contributed by atoms with van der Waals surface area (Å²) in [4.78, 5) is 22.9. The summed E-state index contributed by atoms with van der Waals surface area (Å²) in [6.45, 7) is 5.02. The maximum absolute atomic E-state index is 11.6. The second-order valence-corrected chi connectivity index (χ2v) is 6.05. The Bertz CT molecular complexity index is 495. The van der Waals surface area contributed by atoms with E-state index in [0.717, 1.165) is 5.56 Å². The van der Waals surface area contributed by atoms with Crippen LogP contribution in [0.4, 0.5) is 4.79 Å². The van der Waals surface area contributed by atoms with Crippen molar-refractivity contribution in [1.29, 1.82) is 0 Å². The van der Waals surface area contributed by atoms with E-state index in [2.05, 4.69) is 5.32 Å². The van der Waals surface area contributed by atoms with E-state index >= 15 is 0 Å². The van der Waals surface area contributed by atoms with Crippen molar-refractivity contribution < 1.29 is 24.5 Å². The van der Waals surface area contributed by atoms with E-state index in [1.54, 1.807) is 20.8 Å². The predicted octanol–water partition coefficient (Wildman–Crippen LogP) is 1.96. The molecule has 1 rings (SSSR count). The number of hydrogen-bond donors (Lipinski definition) is 3. The number of carboxylic acid groups (broad SMARTS) is 1. The first-order valence-electron chi connectivity index (χ1n) is 7.13. The molecule has 1 aromatic carbocycles. The molecule has 1 aromatic rings. The van der Waals surface area contributed by atoms with Crippen molar-refractivity contribution in [2.24, 2.45) is 0 Å². The van der Waals surface area contributed by atoms with E-state index in [1.165, 1.54) is 0 Å². The van der Waals surface area contributed by atoms with Gasteiger partial charge < -0.3 is 20.3 Å². The number of nitrogens with one attached hydrogen (secondary N) is 1. The number of benzene rings is 1. The molecule has 0 bridgehead atoms. The largest absolute Gasteiger partial charge is 0.480 e. The van der Waals surface area contributed by atoms with Crippen molar-refractivity contribution >= 4 is 12.1 Å². The molecule has 0 aliphatic carbocycles. The van der Waals surface area contributed by atoms with Crippen molar-refractivity contribution in [3.8, 4) is 0 Å². The zero-order chi connectivity index (χ0) is 16.8. The first kappa shape index (κ1) is 18.0. The van der Waals surface area contributed by atoms with Gasteiger partial charge in [-0.15, -0.1) is 0 Å². The van der Waals surface area contributed by atoms with E-state index in [1.807, 2.05) is 30.3 Å². The van der Waals surface area contributed by atoms with E-state index in [-0.39, 0.29) is 6.42 Å². The van der Waals surface area contributed by atoms with Gasteiger partial charge in [-0.25, -0.2) is 9.59 Å². The summed E-state index contributed by atoms with van der Waals surface area (Å²) >= 11 is 0. The van der Waals surface area contributed by atoms with Crippen LogP contribution >= 0.6 is 0 Å².